The van der Waals surface area contributed by atoms with Gasteiger partial charge in [0.25, 0.3) is 23.7 Å². The minimum absolute atomic E-state index is 0.0422. The molecule has 0 radical (unpaired) electrons. The average molecular weight is 1230 g/mol. The van der Waals surface area contributed by atoms with Crippen LogP contribution in [0.4, 0.5) is 26.3 Å². The first-order chi connectivity index (χ1) is 42.5. The third-order valence-corrected chi connectivity index (χ3v) is 19.1. The largest absolute Gasteiger partial charge is 0.338 e. The summed E-state index contributed by atoms with van der Waals surface area (Å²) < 4.78 is 83.5. The highest BCUT2D eigenvalue weighted by Crippen LogP contribution is 2.42. The van der Waals surface area contributed by atoms with Crippen molar-refractivity contribution in [1.29, 1.82) is 0 Å². The van der Waals surface area contributed by atoms with E-state index in [1.54, 1.807) is 77.4 Å². The molecule has 88 heavy (non-hydrogen) atoms. The van der Waals surface area contributed by atoms with E-state index in [2.05, 4.69) is 57.7 Å². The Labute approximate surface area is 513 Å². The molecule has 0 bridgehead atoms. The summed E-state index contributed by atoms with van der Waals surface area (Å²) in [5.74, 6) is -6.36. The number of aryl methyl sites for hydroxylation is 1. The lowest BCUT2D eigenvalue weighted by Crippen LogP contribution is -2.42. The van der Waals surface area contributed by atoms with Crippen molar-refractivity contribution in [3.05, 3.63) is 225 Å². The normalized spacial score (nSPS) is 15.7. The molecule has 0 spiro atoms. The SMILES string of the molecule is NCc1cc2cc(-c3ccc(C(=O)N4CCC(F)(F)CC4)cc3)cc(-c3ccc(F)cc3)c2s1.O=C(CCc1cc2cc(-c3ccc(C(=O)N4CCC(F)(F)CC4)cc3)cc(-c3ccc(F)cc3)c2s1)N1Cc2ccncc2C1.c1cc2c(cn1)CNC2. The number of alkyl halides is 4. The van der Waals surface area contributed by atoms with E-state index in [0.29, 0.717) is 43.6 Å². The minimum Gasteiger partial charge on any atom is -0.338 e. The fourth-order valence-corrected chi connectivity index (χ4v) is 13.8. The van der Waals surface area contributed by atoms with Gasteiger partial charge in [-0.15, -0.1) is 22.7 Å². The average Bonchev–Trinajstić information content (AvgIpc) is 2.63. The Morgan fingerprint density at radius 1 is 0.489 bits per heavy atom. The summed E-state index contributed by atoms with van der Waals surface area (Å²) in [6.07, 6.45) is 7.13. The number of aromatic nitrogens is 2. The van der Waals surface area contributed by atoms with Crippen molar-refractivity contribution in [2.45, 2.75) is 83.1 Å². The summed E-state index contributed by atoms with van der Waals surface area (Å²) in [6, 6.07) is 43.8. The van der Waals surface area contributed by atoms with Crippen LogP contribution in [0.3, 0.4) is 0 Å². The number of carbonyl (C=O) groups is 3. The lowest BCUT2D eigenvalue weighted by Gasteiger charge is -2.31. The number of thiophene rings is 2. The molecule has 6 aromatic carbocycles. The van der Waals surface area contributed by atoms with Crippen LogP contribution in [0.5, 0.6) is 0 Å². The van der Waals surface area contributed by atoms with Gasteiger partial charge in [-0.05, 0) is 170 Å². The van der Waals surface area contributed by atoms with Gasteiger partial charge < -0.3 is 25.8 Å². The predicted molar refractivity (Wildman–Crippen MR) is 335 cm³/mol. The second kappa shape index (κ2) is 25.6. The number of nitrogens with one attached hydrogen (secondary N) is 1. The van der Waals surface area contributed by atoms with Crippen molar-refractivity contribution in [3.63, 3.8) is 0 Å². The van der Waals surface area contributed by atoms with Crippen LogP contribution < -0.4 is 11.1 Å². The standard InChI is InChI=1S/C36H30F3N3O2S.C27H23F3N2OS.C7H8N2/c37-30-7-5-24(6-8-30)32-19-27(23-1-3-25(4-2-23)35(44)41-15-12-36(38,39)13-16-41)17-28-18-31(45-34(28)32)9-10-33(43)42-21-26-11-14-40-20-29(26)22-42;28-22-7-5-18(6-8-22)24-15-20(13-21-14-23(16-31)34-25(21)24)17-1-3-19(4-2-17)26(33)32-11-9-27(29,30)10-12-32;1-2-8-4-7-5-9-3-6(1)7/h1-8,11,14,17-20H,9-10,12-13,15-16,21-22H2;1-8,13-15H,9-12,16,31H2;1-2,4,9H,3,5H2. The fourth-order valence-electron chi connectivity index (χ4n) is 11.6. The number of rotatable bonds is 10. The maximum atomic E-state index is 13.8. The van der Waals surface area contributed by atoms with Crippen molar-refractivity contribution in [2.24, 2.45) is 5.73 Å². The molecule has 18 heteroatoms. The number of benzene rings is 6. The van der Waals surface area contributed by atoms with Gasteiger partial charge in [-0.25, -0.2) is 26.3 Å². The number of nitrogens with zero attached hydrogens (tertiary/aromatic N) is 5. The molecule has 4 aromatic heterocycles. The summed E-state index contributed by atoms with van der Waals surface area (Å²) in [6.45, 7) is 3.85. The van der Waals surface area contributed by atoms with E-state index < -0.39 is 11.8 Å². The van der Waals surface area contributed by atoms with Crippen LogP contribution in [0.25, 0.3) is 64.7 Å². The molecule has 0 saturated carbocycles. The highest BCUT2D eigenvalue weighted by molar-refractivity contribution is 7.20. The molecular weight excluding hydrogens is 1160 g/mol. The van der Waals surface area contributed by atoms with Gasteiger partial charge in [0.05, 0.1) is 0 Å². The Balaban J connectivity index is 0.000000154. The van der Waals surface area contributed by atoms with E-state index in [9.17, 15) is 40.7 Å². The number of likely N-dealkylation sites (tertiary alicyclic amines) is 2. The van der Waals surface area contributed by atoms with Crippen molar-refractivity contribution in [3.8, 4) is 44.5 Å². The number of hydrogen-bond acceptors (Lipinski definition) is 9. The predicted octanol–water partition coefficient (Wildman–Crippen LogP) is 15.5. The summed E-state index contributed by atoms with van der Waals surface area (Å²) in [5, 5.41) is 5.32. The molecule has 4 aliphatic heterocycles. The van der Waals surface area contributed by atoms with Gasteiger partial charge in [0.1, 0.15) is 11.6 Å². The fraction of sp³-hybridized carbons (Fsp3) is 0.243. The molecule has 448 valence electrons. The molecule has 0 atom stereocenters. The Morgan fingerprint density at radius 3 is 1.40 bits per heavy atom. The molecule has 3 amide bonds. The van der Waals surface area contributed by atoms with E-state index >= 15 is 0 Å². The Bertz CT molecular complexity index is 4130. The van der Waals surface area contributed by atoms with Gasteiger partial charge in [0, 0.05) is 157 Å². The van der Waals surface area contributed by atoms with Gasteiger partial charge in [-0.1, -0.05) is 48.5 Å². The molecule has 4 aliphatic rings. The van der Waals surface area contributed by atoms with E-state index in [0.717, 1.165) is 98.7 Å². The third kappa shape index (κ3) is 13.6. The van der Waals surface area contributed by atoms with Crippen molar-refractivity contribution < 1.29 is 40.7 Å². The zero-order valence-electron chi connectivity index (χ0n) is 47.9. The molecule has 3 N–H and O–H groups in total. The molecule has 8 heterocycles. The molecule has 10 nitrogen and oxygen atoms in total. The molecule has 2 fully saturated rings. The van der Waals surface area contributed by atoms with Crippen molar-refractivity contribution in [2.75, 3.05) is 26.2 Å². The topological polar surface area (TPSA) is 125 Å². The summed E-state index contributed by atoms with van der Waals surface area (Å²) in [5.41, 5.74) is 19.3. The number of pyridine rings is 2. The van der Waals surface area contributed by atoms with E-state index in [1.807, 2.05) is 53.8 Å². The van der Waals surface area contributed by atoms with Gasteiger partial charge in [-0.3, -0.25) is 24.4 Å². The highest BCUT2D eigenvalue weighted by atomic mass is 32.1. The maximum Gasteiger partial charge on any atom is 0.253 e. The monoisotopic (exact) mass is 1230 g/mol. The van der Waals surface area contributed by atoms with Crippen LogP contribution in [0.1, 0.15) is 84.8 Å². The first-order valence-electron chi connectivity index (χ1n) is 29.2. The Hall–Kier alpha value is -8.55. The van der Waals surface area contributed by atoms with Crippen molar-refractivity contribution in [1.82, 2.24) is 30.0 Å². The number of nitrogens with two attached hydrogens (primary N) is 1. The van der Waals surface area contributed by atoms with Crippen LogP contribution in [-0.4, -0.2) is 80.4 Å². The quantitative estimate of drug-likeness (QED) is 0.131. The molecule has 10 aromatic rings. The van der Waals surface area contributed by atoms with Crippen LogP contribution in [-0.2, 0) is 43.9 Å². The molecule has 0 unspecified atom stereocenters. The van der Waals surface area contributed by atoms with E-state index in [4.69, 9.17) is 5.73 Å². The van der Waals surface area contributed by atoms with Gasteiger partial charge >= 0.3 is 0 Å². The maximum absolute atomic E-state index is 13.8. The lowest BCUT2D eigenvalue weighted by atomic mass is 9.96. The third-order valence-electron chi connectivity index (χ3n) is 16.6. The first kappa shape index (κ1) is 59.8. The van der Waals surface area contributed by atoms with Crippen LogP contribution in [0.2, 0.25) is 0 Å². The van der Waals surface area contributed by atoms with Crippen LogP contribution in [0, 0.1) is 11.6 Å². The lowest BCUT2D eigenvalue weighted by molar-refractivity contribution is -0.131. The summed E-state index contributed by atoms with van der Waals surface area (Å²) in [4.78, 5) is 54.0. The number of halogens is 6. The minimum atomic E-state index is -2.71. The van der Waals surface area contributed by atoms with E-state index in [-0.39, 0.29) is 81.2 Å². The number of carbonyl (C=O) groups excluding carboxylic acids is 3. The van der Waals surface area contributed by atoms with Crippen LogP contribution in [0.15, 0.2) is 170 Å². The summed E-state index contributed by atoms with van der Waals surface area (Å²) in [7, 11) is 0. The zero-order chi connectivity index (χ0) is 61.1. The smallest absolute Gasteiger partial charge is 0.253 e. The molecule has 2 saturated heterocycles. The highest BCUT2D eigenvalue weighted by Gasteiger charge is 2.37. The first-order valence-corrected chi connectivity index (χ1v) is 30.9. The van der Waals surface area contributed by atoms with Crippen LogP contribution >= 0.6 is 22.7 Å². The number of piperidine rings is 2. The molecule has 0 aliphatic carbocycles. The summed E-state index contributed by atoms with van der Waals surface area (Å²) >= 11 is 3.27. The van der Waals surface area contributed by atoms with Gasteiger partial charge in [0.2, 0.25) is 5.91 Å². The number of fused-ring (bicyclic) bond motifs is 4. The number of amides is 3. The number of hydrogen-bond donors (Lipinski definition) is 2. The molecule has 14 rings (SSSR count). The van der Waals surface area contributed by atoms with Gasteiger partial charge in [-0.2, -0.15) is 0 Å². The van der Waals surface area contributed by atoms with Crippen molar-refractivity contribution >= 4 is 60.6 Å². The Kier molecular flexibility index (Phi) is 17.4. The second-order valence-electron chi connectivity index (χ2n) is 22.6. The van der Waals surface area contributed by atoms with E-state index in [1.165, 1.54) is 45.2 Å². The van der Waals surface area contributed by atoms with Gasteiger partial charge in [0.15, 0.2) is 0 Å². The Morgan fingerprint density at radius 2 is 0.920 bits per heavy atom. The molecular formula is C70H61F6N7O3S2. The zero-order valence-corrected chi connectivity index (χ0v) is 49.5. The second-order valence-corrected chi connectivity index (χ2v) is 24.9.